The number of rotatable bonds is 0. The standard InChI is InChI=1S/C6H5N.C4H10N.3C4H10O.ClH.W/c7-6-4-2-1-3-5-6;4*1-4(2,3)5;;/h1-5H;4*5H,1-3H3;1H;/q+1;-1;;;;;+1/p-1. The van der Waals surface area contributed by atoms with Crippen molar-refractivity contribution in [2.45, 2.75) is 105 Å². The number of hydrogen-bond acceptors (Lipinski definition) is 3. The van der Waals surface area contributed by atoms with Crippen LogP contribution in [0.2, 0.25) is 0 Å². The first kappa shape index (κ1) is 36.1. The minimum absolute atomic E-state index is 0.250. The normalized spacial score (nSPS) is 10.8. The van der Waals surface area contributed by atoms with E-state index in [0.717, 1.165) is 5.69 Å². The van der Waals surface area contributed by atoms with Crippen LogP contribution in [0.1, 0.15) is 83.1 Å². The van der Waals surface area contributed by atoms with E-state index in [1.807, 2.05) is 51.1 Å². The third kappa shape index (κ3) is 159. The van der Waals surface area contributed by atoms with E-state index in [-0.39, 0.29) is 5.54 Å². The first-order valence-corrected chi connectivity index (χ1v) is 14.3. The molecule has 0 saturated heterocycles. The summed E-state index contributed by atoms with van der Waals surface area (Å²) in [5.74, 6) is 0. The van der Waals surface area contributed by atoms with Crippen molar-refractivity contribution < 1.29 is 32.5 Å². The topological polar surface area (TPSA) is 88.8 Å². The minimum atomic E-state index is -0.892. The van der Waals surface area contributed by atoms with E-state index < -0.39 is 34.0 Å². The maximum atomic E-state index is 8.52. The van der Waals surface area contributed by atoms with Gasteiger partial charge in [-0.1, -0.05) is 20.8 Å². The Kier molecular flexibility index (Phi) is 21.7. The van der Waals surface area contributed by atoms with Crippen LogP contribution in [-0.2, 0) is 17.2 Å². The molecule has 4 N–H and O–H groups in total. The molecule has 0 fully saturated rings. The van der Waals surface area contributed by atoms with Gasteiger partial charge in [0.2, 0.25) is 0 Å². The molecule has 0 atom stereocenters. The first-order valence-electron chi connectivity index (χ1n) is 9.39. The van der Waals surface area contributed by atoms with E-state index in [2.05, 4.69) is 3.31 Å². The molecule has 0 aromatic heterocycles. The number of hydrogen-bond donors (Lipinski definition) is 3. The molecule has 0 heterocycles. The monoisotopic (exact) mass is 604 g/mol. The number of benzene rings is 1. The molecular formula is C22H45ClN2O3W. The fraction of sp³-hybridized carbons (Fsp3) is 0.727. The molecule has 1 rings (SSSR count). The van der Waals surface area contributed by atoms with Crippen LogP contribution in [-0.4, -0.2) is 37.7 Å². The van der Waals surface area contributed by atoms with Gasteiger partial charge in [0.15, 0.2) is 0 Å². The van der Waals surface area contributed by atoms with Crippen molar-refractivity contribution in [1.29, 1.82) is 0 Å². The first-order chi connectivity index (χ1) is 12.4. The van der Waals surface area contributed by atoms with Crippen LogP contribution in [0.25, 0.3) is 9.04 Å². The van der Waals surface area contributed by atoms with Crippen molar-refractivity contribution in [2.24, 2.45) is 0 Å². The molecule has 0 aliphatic rings. The number of nitrogens with zero attached hydrogens (tertiary/aromatic N) is 1. The van der Waals surface area contributed by atoms with Gasteiger partial charge in [-0.05, 0) is 62.3 Å². The molecule has 0 unspecified atom stereocenters. The molecule has 0 aliphatic heterocycles. The molecule has 0 radical (unpaired) electrons. The van der Waals surface area contributed by atoms with E-state index >= 15 is 0 Å². The van der Waals surface area contributed by atoms with Crippen LogP contribution in [0.3, 0.4) is 0 Å². The second-order valence-corrected chi connectivity index (χ2v) is 12.5. The van der Waals surface area contributed by atoms with Crippen LogP contribution in [0, 0.1) is 0 Å². The summed E-state index contributed by atoms with van der Waals surface area (Å²) < 4.78 is 4.14. The van der Waals surface area contributed by atoms with Crippen molar-refractivity contribution in [1.82, 2.24) is 0 Å². The second kappa shape index (κ2) is 17.4. The van der Waals surface area contributed by atoms with Gasteiger partial charge in [-0.3, -0.25) is 0 Å². The van der Waals surface area contributed by atoms with E-state index in [1.54, 1.807) is 62.3 Å². The summed E-state index contributed by atoms with van der Waals surface area (Å²) in [6.45, 7) is 21.3. The zero-order valence-electron chi connectivity index (χ0n) is 20.5. The van der Waals surface area contributed by atoms with Gasteiger partial charge in [-0.25, -0.2) is 0 Å². The zero-order valence-corrected chi connectivity index (χ0v) is 24.2. The van der Waals surface area contributed by atoms with E-state index in [0.29, 0.717) is 0 Å². The Hall–Kier alpha value is -0.252. The van der Waals surface area contributed by atoms with Crippen molar-refractivity contribution in [3.8, 4) is 0 Å². The average Bonchev–Trinajstić information content (AvgIpc) is 2.32. The fourth-order valence-corrected chi connectivity index (χ4v) is 1.90. The average molecular weight is 605 g/mol. The SMILES string of the molecule is CC(C)(C)O.CC(C)(C)O.CC(C)(C)O.CC(C)(C)[NH-].[Cl][W]#[N+]c1ccccc1. The zero-order chi connectivity index (χ0) is 24.5. The van der Waals surface area contributed by atoms with Crippen LogP contribution in [0.4, 0.5) is 5.69 Å². The molecule has 0 aliphatic carbocycles. The Morgan fingerprint density at radius 1 is 0.690 bits per heavy atom. The molecule has 0 saturated carbocycles. The van der Waals surface area contributed by atoms with Gasteiger partial charge in [-0.15, -0.1) is 5.54 Å². The van der Waals surface area contributed by atoms with E-state index in [4.69, 9.17) is 30.5 Å². The van der Waals surface area contributed by atoms with Gasteiger partial charge in [0.25, 0.3) is 0 Å². The van der Waals surface area contributed by atoms with Gasteiger partial charge in [0.05, 0.1) is 16.8 Å². The van der Waals surface area contributed by atoms with Crippen molar-refractivity contribution in [2.75, 3.05) is 0 Å². The third-order valence-electron chi connectivity index (χ3n) is 0.896. The van der Waals surface area contributed by atoms with Gasteiger partial charge < -0.3 is 21.1 Å². The van der Waals surface area contributed by atoms with Crippen LogP contribution < -0.4 is 0 Å². The number of nitrogens with one attached hydrogen (secondary N) is 1. The summed E-state index contributed by atoms with van der Waals surface area (Å²) in [6, 6.07) is 9.82. The molecular weight excluding hydrogens is 560 g/mol. The molecule has 1 aromatic carbocycles. The molecule has 7 heteroatoms. The predicted molar refractivity (Wildman–Crippen MR) is 125 cm³/mol. The van der Waals surface area contributed by atoms with E-state index in [1.165, 1.54) is 0 Å². The Morgan fingerprint density at radius 2 is 0.897 bits per heavy atom. The van der Waals surface area contributed by atoms with Crippen molar-refractivity contribution in [3.05, 3.63) is 39.4 Å². The maximum absolute atomic E-state index is 8.52. The Bertz CT molecular complexity index is 472. The van der Waals surface area contributed by atoms with Gasteiger partial charge >= 0.3 is 65.9 Å². The summed E-state index contributed by atoms with van der Waals surface area (Å²) in [4.78, 5) is 0. The van der Waals surface area contributed by atoms with Crippen LogP contribution >= 0.6 is 9.42 Å². The Balaban J connectivity index is -0.000000140. The van der Waals surface area contributed by atoms with Crippen molar-refractivity contribution >= 4 is 15.1 Å². The van der Waals surface area contributed by atoms with Gasteiger partial charge in [0.1, 0.15) is 0 Å². The quantitative estimate of drug-likeness (QED) is 0.298. The fourth-order valence-electron chi connectivity index (χ4n) is 0.529. The molecule has 5 nitrogen and oxygen atoms in total. The van der Waals surface area contributed by atoms with Gasteiger partial charge in [-0.2, -0.15) is 0 Å². The van der Waals surface area contributed by atoms with Gasteiger partial charge in [0, 0.05) is 0 Å². The Morgan fingerprint density at radius 3 is 1.07 bits per heavy atom. The number of halogens is 1. The molecule has 29 heavy (non-hydrogen) atoms. The van der Waals surface area contributed by atoms with Crippen molar-refractivity contribution in [3.63, 3.8) is 0 Å². The van der Waals surface area contributed by atoms with E-state index in [9.17, 15) is 0 Å². The molecule has 1 aromatic rings. The second-order valence-electron chi connectivity index (χ2n) is 10.3. The molecule has 0 spiro atoms. The van der Waals surface area contributed by atoms with Crippen LogP contribution in [0.5, 0.6) is 0 Å². The summed E-state index contributed by atoms with van der Waals surface area (Å²) in [7, 11) is 5.54. The summed E-state index contributed by atoms with van der Waals surface area (Å²) >= 11 is -0.892. The molecule has 0 bridgehead atoms. The summed E-state index contributed by atoms with van der Waals surface area (Å²) in [5.41, 5.74) is 6.20. The Labute approximate surface area is 192 Å². The molecule has 174 valence electrons. The number of aliphatic hydroxyl groups is 3. The third-order valence-corrected chi connectivity index (χ3v) is 2.47. The van der Waals surface area contributed by atoms with Crippen LogP contribution in [0.15, 0.2) is 30.3 Å². The summed E-state index contributed by atoms with van der Waals surface area (Å²) in [5, 5.41) is 25.6. The predicted octanol–water partition coefficient (Wildman–Crippen LogP) is 7.01. The summed E-state index contributed by atoms with van der Waals surface area (Å²) in [6.07, 6.45) is 0. The molecule has 0 amide bonds.